The number of thiol groups is 1. The van der Waals surface area contributed by atoms with Crippen molar-refractivity contribution in [3.05, 3.63) is 24.0 Å². The van der Waals surface area contributed by atoms with Crippen molar-refractivity contribution in [2.24, 2.45) is 0 Å². The molecule has 0 spiro atoms. The van der Waals surface area contributed by atoms with Crippen LogP contribution in [0.3, 0.4) is 0 Å². The quantitative estimate of drug-likeness (QED) is 0.497. The van der Waals surface area contributed by atoms with Crippen molar-refractivity contribution in [1.82, 2.24) is 0 Å². The summed E-state index contributed by atoms with van der Waals surface area (Å²) in [7, 11) is 0. The van der Waals surface area contributed by atoms with Crippen molar-refractivity contribution in [2.75, 3.05) is 4.84 Å². The summed E-state index contributed by atoms with van der Waals surface area (Å²) in [5, 5.41) is 0. The third-order valence-corrected chi connectivity index (χ3v) is 1.65. The topological polar surface area (TPSA) is 12.0 Å². The highest BCUT2D eigenvalue weighted by atomic mass is 35.5. The largest absolute Gasteiger partial charge is 0.297 e. The molecule has 1 N–H and O–H groups in total. The molecule has 0 aliphatic carbocycles. The fraction of sp³-hybridized carbons (Fsp3) is 0. The molecule has 1 aromatic rings. The molecule has 1 nitrogen and oxygen atoms in total. The van der Waals surface area contributed by atoms with Crippen LogP contribution in [-0.2, 0) is 0 Å². The first kappa shape index (κ1) is 7.69. The summed E-state index contributed by atoms with van der Waals surface area (Å²) in [6.45, 7) is 0. The number of halogens is 2. The first-order valence-corrected chi connectivity index (χ1v) is 3.41. The molecule has 0 aliphatic heterocycles. The predicted molar refractivity (Wildman–Crippen MR) is 43.1 cm³/mol. The Morgan fingerprint density at radius 2 is 2.20 bits per heavy atom. The molecule has 0 aromatic heterocycles. The molecule has 0 heterocycles. The maximum Gasteiger partial charge on any atom is 0.125 e. The van der Waals surface area contributed by atoms with Gasteiger partial charge >= 0.3 is 0 Å². The molecule has 0 atom stereocenters. The van der Waals surface area contributed by atoms with E-state index in [0.717, 1.165) is 0 Å². The van der Waals surface area contributed by atoms with Crippen LogP contribution < -0.4 is 4.84 Å². The monoisotopic (exact) mass is 177 g/mol. The van der Waals surface area contributed by atoms with Gasteiger partial charge < -0.3 is 0 Å². The van der Waals surface area contributed by atoms with Gasteiger partial charge in [-0.3, -0.25) is 4.84 Å². The van der Waals surface area contributed by atoms with Gasteiger partial charge in [0.25, 0.3) is 0 Å². The molecule has 0 radical (unpaired) electrons. The van der Waals surface area contributed by atoms with Crippen LogP contribution in [0.2, 0.25) is 0 Å². The summed E-state index contributed by atoms with van der Waals surface area (Å²) < 4.78 is 12.4. The van der Waals surface area contributed by atoms with E-state index in [9.17, 15) is 4.39 Å². The highest BCUT2D eigenvalue weighted by Crippen LogP contribution is 2.20. The third-order valence-electron chi connectivity index (χ3n) is 1.06. The van der Waals surface area contributed by atoms with Crippen LogP contribution in [0.4, 0.5) is 10.1 Å². The molecule has 1 rings (SSSR count). The van der Waals surface area contributed by atoms with Gasteiger partial charge in [-0.05, 0) is 18.2 Å². The molecule has 0 saturated carbocycles. The molecule has 10 heavy (non-hydrogen) atoms. The molecule has 0 saturated heterocycles. The van der Waals surface area contributed by atoms with Gasteiger partial charge in [-0.2, -0.15) is 0 Å². The number of hydrogen-bond acceptors (Lipinski definition) is 2. The number of nitrogens with one attached hydrogen (secondary N) is 1. The van der Waals surface area contributed by atoms with E-state index < -0.39 is 0 Å². The van der Waals surface area contributed by atoms with Gasteiger partial charge in [0.15, 0.2) is 0 Å². The average Bonchev–Trinajstić information content (AvgIpc) is 1.94. The van der Waals surface area contributed by atoms with Gasteiger partial charge in [-0.1, -0.05) is 0 Å². The summed E-state index contributed by atoms with van der Waals surface area (Å²) in [5.41, 5.74) is 0.477. The van der Waals surface area contributed by atoms with Crippen LogP contribution in [-0.4, -0.2) is 0 Å². The van der Waals surface area contributed by atoms with Crippen LogP contribution in [0.25, 0.3) is 0 Å². The van der Waals surface area contributed by atoms with Crippen molar-refractivity contribution in [3.8, 4) is 0 Å². The van der Waals surface area contributed by atoms with E-state index in [1.54, 1.807) is 0 Å². The average molecular weight is 178 g/mol. The van der Waals surface area contributed by atoms with Gasteiger partial charge in [0.1, 0.15) is 5.82 Å². The SMILES string of the molecule is Fc1ccc(S)c(NCl)c1. The first-order valence-electron chi connectivity index (χ1n) is 2.59. The molecule has 0 fully saturated rings. The van der Waals surface area contributed by atoms with Crippen LogP contribution in [0.5, 0.6) is 0 Å². The van der Waals surface area contributed by atoms with E-state index in [4.69, 9.17) is 11.8 Å². The molecule has 4 heteroatoms. The lowest BCUT2D eigenvalue weighted by atomic mass is 10.3. The molecule has 0 amide bonds. The van der Waals surface area contributed by atoms with Gasteiger partial charge in [0.05, 0.1) is 5.69 Å². The summed E-state index contributed by atoms with van der Waals surface area (Å²) >= 11 is 9.25. The molecule has 1 aromatic carbocycles. The first-order chi connectivity index (χ1) is 4.74. The number of anilines is 1. The highest BCUT2D eigenvalue weighted by molar-refractivity contribution is 7.80. The zero-order valence-corrected chi connectivity index (χ0v) is 6.59. The lowest BCUT2D eigenvalue weighted by molar-refractivity contribution is 0.627. The van der Waals surface area contributed by atoms with Crippen molar-refractivity contribution in [3.63, 3.8) is 0 Å². The second kappa shape index (κ2) is 3.12. The Hall–Kier alpha value is -0.410. The van der Waals surface area contributed by atoms with E-state index >= 15 is 0 Å². The number of hydrogen-bond donors (Lipinski definition) is 2. The van der Waals surface area contributed by atoms with Crippen molar-refractivity contribution in [2.45, 2.75) is 4.90 Å². The summed E-state index contributed by atoms with van der Waals surface area (Å²) in [6, 6.07) is 4.12. The highest BCUT2D eigenvalue weighted by Gasteiger charge is 1.97. The molecular weight excluding hydrogens is 173 g/mol. The van der Waals surface area contributed by atoms with Crippen molar-refractivity contribution < 1.29 is 4.39 Å². The zero-order chi connectivity index (χ0) is 7.56. The Balaban J connectivity index is 3.09. The minimum atomic E-state index is -0.332. The molecule has 0 unspecified atom stereocenters. The van der Waals surface area contributed by atoms with Crippen LogP contribution in [0.1, 0.15) is 0 Å². The van der Waals surface area contributed by atoms with Gasteiger partial charge in [-0.15, -0.1) is 12.6 Å². The second-order valence-electron chi connectivity index (χ2n) is 1.76. The fourth-order valence-electron chi connectivity index (χ4n) is 0.584. The van der Waals surface area contributed by atoms with E-state index in [1.165, 1.54) is 18.2 Å². The van der Waals surface area contributed by atoms with E-state index in [1.807, 2.05) is 0 Å². The molecule has 0 aliphatic rings. The third kappa shape index (κ3) is 1.55. The summed E-state index contributed by atoms with van der Waals surface area (Å²) in [6.07, 6.45) is 0. The van der Waals surface area contributed by atoms with Crippen LogP contribution in [0.15, 0.2) is 23.1 Å². The maximum atomic E-state index is 12.4. The normalized spacial score (nSPS) is 9.50. The Bertz CT molecular complexity index is 241. The Morgan fingerprint density at radius 3 is 2.70 bits per heavy atom. The minimum Gasteiger partial charge on any atom is -0.297 e. The standard InChI is InChI=1S/C6H5ClFNS/c7-9-5-3-4(8)1-2-6(5)10/h1-3,9-10H. The minimum absolute atomic E-state index is 0.332. The summed E-state index contributed by atoms with van der Waals surface area (Å²) in [5.74, 6) is -0.332. The predicted octanol–water partition coefficient (Wildman–Crippen LogP) is 2.68. The zero-order valence-electron chi connectivity index (χ0n) is 4.94. The van der Waals surface area contributed by atoms with Gasteiger partial charge in [0, 0.05) is 16.7 Å². The van der Waals surface area contributed by atoms with E-state index in [-0.39, 0.29) is 5.82 Å². The Labute approximate surface area is 68.7 Å². The fourth-order valence-corrected chi connectivity index (χ4v) is 1.00. The molecule has 54 valence electrons. The van der Waals surface area contributed by atoms with Gasteiger partial charge in [-0.25, -0.2) is 4.39 Å². The lowest BCUT2D eigenvalue weighted by Crippen LogP contribution is -1.83. The van der Waals surface area contributed by atoms with E-state index in [2.05, 4.69) is 17.5 Å². The number of rotatable bonds is 1. The van der Waals surface area contributed by atoms with Crippen molar-refractivity contribution >= 4 is 30.1 Å². The summed E-state index contributed by atoms with van der Waals surface area (Å²) in [4.78, 5) is 2.91. The van der Waals surface area contributed by atoms with Crippen LogP contribution in [0, 0.1) is 5.82 Å². The lowest BCUT2D eigenvalue weighted by Gasteiger charge is -1.99. The van der Waals surface area contributed by atoms with Crippen LogP contribution >= 0.6 is 24.4 Å². The Morgan fingerprint density at radius 1 is 1.50 bits per heavy atom. The Kier molecular flexibility index (Phi) is 2.40. The maximum absolute atomic E-state index is 12.4. The van der Waals surface area contributed by atoms with Gasteiger partial charge in [0.2, 0.25) is 0 Å². The number of benzene rings is 1. The smallest absolute Gasteiger partial charge is 0.125 e. The molecular formula is C6H5ClFNS. The van der Waals surface area contributed by atoms with Crippen molar-refractivity contribution in [1.29, 1.82) is 0 Å². The second-order valence-corrected chi connectivity index (χ2v) is 2.43. The molecule has 0 bridgehead atoms. The van der Waals surface area contributed by atoms with E-state index in [0.29, 0.717) is 10.6 Å².